The number of para-hydroxylation sites is 1. The molecule has 1 saturated heterocycles. The lowest BCUT2D eigenvalue weighted by atomic mass is 10.1. The molecule has 1 amide bonds. The molecule has 0 aliphatic carbocycles. The Morgan fingerprint density at radius 3 is 2.85 bits per heavy atom. The lowest BCUT2D eigenvalue weighted by Crippen LogP contribution is -2.31. The number of hydrogen-bond donors (Lipinski definition) is 1. The van der Waals surface area contributed by atoms with E-state index < -0.39 is 0 Å². The van der Waals surface area contributed by atoms with E-state index >= 15 is 0 Å². The standard InChI is InChI=1S/C20H20N4O2/c25-19(24-13-3-6-17(24)14-9-11-21-12-10-14)8-7-18-22-16-5-2-1-4-15(16)20(26)23-18/h1-2,4-5,9-12,17H,3,6-8,13H2,(H,22,23,26). The van der Waals surface area contributed by atoms with Crippen LogP contribution in [0.25, 0.3) is 10.9 Å². The molecule has 4 rings (SSSR count). The molecule has 3 heterocycles. The van der Waals surface area contributed by atoms with Crippen LogP contribution in [-0.4, -0.2) is 32.3 Å². The van der Waals surface area contributed by atoms with Crippen molar-refractivity contribution in [3.8, 4) is 0 Å². The molecule has 2 aromatic heterocycles. The molecule has 1 aromatic carbocycles. The summed E-state index contributed by atoms with van der Waals surface area (Å²) in [6.07, 6.45) is 6.27. The predicted molar refractivity (Wildman–Crippen MR) is 98.6 cm³/mol. The molecular formula is C20H20N4O2. The van der Waals surface area contributed by atoms with Gasteiger partial charge in [-0.1, -0.05) is 12.1 Å². The molecule has 1 atom stereocenters. The maximum atomic E-state index is 12.7. The Labute approximate surface area is 150 Å². The van der Waals surface area contributed by atoms with Crippen LogP contribution in [0.4, 0.5) is 0 Å². The highest BCUT2D eigenvalue weighted by atomic mass is 16.2. The number of likely N-dealkylation sites (tertiary alicyclic amines) is 1. The quantitative estimate of drug-likeness (QED) is 0.786. The van der Waals surface area contributed by atoms with Gasteiger partial charge in [0.2, 0.25) is 5.91 Å². The molecule has 0 radical (unpaired) electrons. The predicted octanol–water partition coefficient (Wildman–Crippen LogP) is 2.61. The van der Waals surface area contributed by atoms with Crippen LogP contribution in [0.1, 0.15) is 36.7 Å². The summed E-state index contributed by atoms with van der Waals surface area (Å²) in [7, 11) is 0. The molecule has 1 fully saturated rings. The van der Waals surface area contributed by atoms with E-state index in [9.17, 15) is 9.59 Å². The third-order valence-electron chi connectivity index (χ3n) is 4.90. The summed E-state index contributed by atoms with van der Waals surface area (Å²) in [5.41, 5.74) is 1.63. The van der Waals surface area contributed by atoms with Crippen LogP contribution >= 0.6 is 0 Å². The molecule has 26 heavy (non-hydrogen) atoms. The second-order valence-electron chi connectivity index (χ2n) is 6.56. The van der Waals surface area contributed by atoms with E-state index in [1.54, 1.807) is 18.5 Å². The van der Waals surface area contributed by atoms with Gasteiger partial charge in [-0.2, -0.15) is 0 Å². The first-order chi connectivity index (χ1) is 12.7. The van der Waals surface area contributed by atoms with Crippen molar-refractivity contribution >= 4 is 16.8 Å². The lowest BCUT2D eigenvalue weighted by molar-refractivity contribution is -0.132. The van der Waals surface area contributed by atoms with Gasteiger partial charge in [-0.25, -0.2) is 4.98 Å². The summed E-state index contributed by atoms with van der Waals surface area (Å²) < 4.78 is 0. The number of aromatic amines is 1. The first-order valence-corrected chi connectivity index (χ1v) is 8.90. The highest BCUT2D eigenvalue weighted by Crippen LogP contribution is 2.32. The van der Waals surface area contributed by atoms with Crippen LogP contribution in [0.5, 0.6) is 0 Å². The number of H-pyrrole nitrogens is 1. The van der Waals surface area contributed by atoms with Gasteiger partial charge >= 0.3 is 0 Å². The molecule has 0 bridgehead atoms. The zero-order valence-corrected chi connectivity index (χ0v) is 14.4. The van der Waals surface area contributed by atoms with Crippen LogP contribution in [-0.2, 0) is 11.2 Å². The molecule has 3 aromatic rings. The molecule has 0 spiro atoms. The number of fused-ring (bicyclic) bond motifs is 1. The number of carbonyl (C=O) groups excluding carboxylic acids is 1. The van der Waals surface area contributed by atoms with Gasteiger partial charge in [0.05, 0.1) is 16.9 Å². The Hall–Kier alpha value is -3.02. The molecule has 1 aliphatic rings. The largest absolute Gasteiger partial charge is 0.336 e. The van der Waals surface area contributed by atoms with E-state index in [1.807, 2.05) is 35.2 Å². The monoisotopic (exact) mass is 348 g/mol. The van der Waals surface area contributed by atoms with E-state index in [2.05, 4.69) is 15.0 Å². The van der Waals surface area contributed by atoms with E-state index in [4.69, 9.17) is 0 Å². The normalized spacial score (nSPS) is 16.9. The smallest absolute Gasteiger partial charge is 0.258 e. The third-order valence-corrected chi connectivity index (χ3v) is 4.90. The molecule has 6 nitrogen and oxygen atoms in total. The SMILES string of the molecule is O=C(CCc1nc2ccccc2c(=O)[nH]1)N1CCCC1c1ccncc1. The van der Waals surface area contributed by atoms with Crippen LogP contribution in [0, 0.1) is 0 Å². The molecule has 6 heteroatoms. The number of rotatable bonds is 4. The highest BCUT2D eigenvalue weighted by molar-refractivity contribution is 5.78. The Bertz CT molecular complexity index is 984. The van der Waals surface area contributed by atoms with Crippen molar-refractivity contribution in [2.45, 2.75) is 31.7 Å². The fraction of sp³-hybridized carbons (Fsp3) is 0.300. The number of hydrogen-bond acceptors (Lipinski definition) is 4. The van der Waals surface area contributed by atoms with E-state index in [0.29, 0.717) is 29.6 Å². The van der Waals surface area contributed by atoms with Gasteiger partial charge in [0.25, 0.3) is 5.56 Å². The average molecular weight is 348 g/mol. The summed E-state index contributed by atoms with van der Waals surface area (Å²) >= 11 is 0. The van der Waals surface area contributed by atoms with E-state index in [1.165, 1.54) is 0 Å². The van der Waals surface area contributed by atoms with Gasteiger partial charge in [-0.05, 0) is 42.7 Å². The third kappa shape index (κ3) is 3.22. The Balaban J connectivity index is 1.48. The molecule has 132 valence electrons. The molecule has 1 unspecified atom stereocenters. The van der Waals surface area contributed by atoms with Crippen molar-refractivity contribution in [1.82, 2.24) is 19.9 Å². The second-order valence-corrected chi connectivity index (χ2v) is 6.56. The van der Waals surface area contributed by atoms with Gasteiger partial charge in [0.15, 0.2) is 0 Å². The fourth-order valence-corrected chi connectivity index (χ4v) is 3.62. The Kier molecular flexibility index (Phi) is 4.48. The maximum absolute atomic E-state index is 12.7. The van der Waals surface area contributed by atoms with Crippen molar-refractivity contribution in [2.24, 2.45) is 0 Å². The lowest BCUT2D eigenvalue weighted by Gasteiger charge is -2.25. The highest BCUT2D eigenvalue weighted by Gasteiger charge is 2.29. The van der Waals surface area contributed by atoms with Gasteiger partial charge < -0.3 is 9.88 Å². The number of carbonyl (C=O) groups is 1. The van der Waals surface area contributed by atoms with Crippen LogP contribution < -0.4 is 5.56 Å². The zero-order chi connectivity index (χ0) is 17.9. The van der Waals surface area contributed by atoms with Crippen LogP contribution in [0.3, 0.4) is 0 Å². The van der Waals surface area contributed by atoms with Crippen molar-refractivity contribution in [3.05, 3.63) is 70.5 Å². The summed E-state index contributed by atoms with van der Waals surface area (Å²) in [5.74, 6) is 0.654. The molecule has 0 saturated carbocycles. The van der Waals surface area contributed by atoms with E-state index in [0.717, 1.165) is 24.9 Å². The van der Waals surface area contributed by atoms with Crippen LogP contribution in [0.15, 0.2) is 53.6 Å². The molecule has 1 aliphatic heterocycles. The number of nitrogens with zero attached hydrogens (tertiary/aromatic N) is 3. The van der Waals surface area contributed by atoms with E-state index in [-0.39, 0.29) is 17.5 Å². The number of benzene rings is 1. The van der Waals surface area contributed by atoms with Crippen molar-refractivity contribution in [3.63, 3.8) is 0 Å². The Morgan fingerprint density at radius 1 is 1.19 bits per heavy atom. The Morgan fingerprint density at radius 2 is 2.00 bits per heavy atom. The first kappa shape index (κ1) is 16.4. The summed E-state index contributed by atoms with van der Waals surface area (Å²) in [6.45, 7) is 0.771. The maximum Gasteiger partial charge on any atom is 0.258 e. The molecule has 1 N–H and O–H groups in total. The number of pyridine rings is 1. The van der Waals surface area contributed by atoms with Crippen LogP contribution in [0.2, 0.25) is 0 Å². The summed E-state index contributed by atoms with van der Waals surface area (Å²) in [5, 5.41) is 0.569. The second kappa shape index (κ2) is 7.07. The van der Waals surface area contributed by atoms with Crippen molar-refractivity contribution in [1.29, 1.82) is 0 Å². The zero-order valence-electron chi connectivity index (χ0n) is 14.4. The summed E-state index contributed by atoms with van der Waals surface area (Å²) in [4.78, 5) is 38.1. The minimum atomic E-state index is -0.158. The summed E-state index contributed by atoms with van der Waals surface area (Å²) in [6, 6.07) is 11.3. The van der Waals surface area contributed by atoms with Gasteiger partial charge in [-0.15, -0.1) is 0 Å². The number of aryl methyl sites for hydroxylation is 1. The van der Waals surface area contributed by atoms with Gasteiger partial charge in [-0.3, -0.25) is 14.6 Å². The minimum Gasteiger partial charge on any atom is -0.336 e. The number of aromatic nitrogens is 3. The topological polar surface area (TPSA) is 79.0 Å². The first-order valence-electron chi connectivity index (χ1n) is 8.90. The van der Waals surface area contributed by atoms with Gasteiger partial charge in [0.1, 0.15) is 5.82 Å². The molecular weight excluding hydrogens is 328 g/mol. The number of nitrogens with one attached hydrogen (secondary N) is 1. The number of amides is 1. The minimum absolute atomic E-state index is 0.0973. The fourth-order valence-electron chi connectivity index (χ4n) is 3.62. The van der Waals surface area contributed by atoms with Gasteiger partial charge in [0, 0.05) is 31.8 Å². The van der Waals surface area contributed by atoms with Crippen molar-refractivity contribution < 1.29 is 4.79 Å². The van der Waals surface area contributed by atoms with Crippen molar-refractivity contribution in [2.75, 3.05) is 6.54 Å². The average Bonchev–Trinajstić information content (AvgIpc) is 3.17.